The number of hydrogen-bond donors (Lipinski definition) is 1. The predicted octanol–water partition coefficient (Wildman–Crippen LogP) is 10.4. The summed E-state index contributed by atoms with van der Waals surface area (Å²) in [6.45, 7) is 12.7. The summed E-state index contributed by atoms with van der Waals surface area (Å²) in [6.07, 6.45) is 10.1. The first-order chi connectivity index (χ1) is 21.2. The van der Waals surface area contributed by atoms with Crippen molar-refractivity contribution in [1.82, 2.24) is 9.97 Å². The molecule has 5 heteroatoms. The SMILES string of the molecule is CC1(C)c2c([c-]nc3ccccc23)-c2nccc3cc(-c4ccccc4)cc1c23.CCC(CC)C(=O)/C=C(\O)C(CC)CC.[Ir]. The van der Waals surface area contributed by atoms with Crippen LogP contribution in [0.5, 0.6) is 0 Å². The van der Waals surface area contributed by atoms with Gasteiger partial charge in [0, 0.05) is 44.2 Å². The van der Waals surface area contributed by atoms with Gasteiger partial charge in [-0.05, 0) is 88.1 Å². The minimum absolute atomic E-state index is 0. The van der Waals surface area contributed by atoms with Crippen LogP contribution in [0.3, 0.4) is 0 Å². The van der Waals surface area contributed by atoms with Crippen LogP contribution in [-0.2, 0) is 30.3 Å². The van der Waals surface area contributed by atoms with Gasteiger partial charge < -0.3 is 15.1 Å². The molecule has 1 aliphatic rings. The van der Waals surface area contributed by atoms with Gasteiger partial charge in [-0.15, -0.1) is 11.1 Å². The molecule has 5 aromatic rings. The summed E-state index contributed by atoms with van der Waals surface area (Å²) in [5.74, 6) is 0.547. The minimum atomic E-state index is -0.187. The van der Waals surface area contributed by atoms with Gasteiger partial charge in [0.25, 0.3) is 0 Å². The summed E-state index contributed by atoms with van der Waals surface area (Å²) in [4.78, 5) is 21.1. The first-order valence-corrected chi connectivity index (χ1v) is 16.0. The third kappa shape index (κ3) is 6.66. The number of carbonyl (C=O) groups is 1. The van der Waals surface area contributed by atoms with Crippen LogP contribution in [0, 0.1) is 18.0 Å². The van der Waals surface area contributed by atoms with Crippen molar-refractivity contribution in [2.75, 3.05) is 0 Å². The van der Waals surface area contributed by atoms with Gasteiger partial charge in [-0.25, -0.2) is 0 Å². The van der Waals surface area contributed by atoms with Crippen LogP contribution in [0.2, 0.25) is 0 Å². The fourth-order valence-corrected chi connectivity index (χ4v) is 6.62. The standard InChI is InChI=1S/C27H19N2.C13H24O2.Ir/c1-27(2)22-15-19(17-8-4-3-5-9-17)14-18-12-13-28-26(24(18)22)21-16-29-23-11-7-6-10-20(23)25(21)27;1-5-10(6-2)12(14)9-13(15)11(7-3)8-4;/h3-15H,1-2H3;9-11,14H,5-8H2,1-4H3;/q-1;;/b;12-9-;. The van der Waals surface area contributed by atoms with Gasteiger partial charge in [0.05, 0.1) is 5.76 Å². The number of aromatic nitrogens is 2. The van der Waals surface area contributed by atoms with Gasteiger partial charge in [0.1, 0.15) is 0 Å². The van der Waals surface area contributed by atoms with E-state index in [2.05, 4.69) is 91.8 Å². The second-order valence-electron chi connectivity index (χ2n) is 12.3. The Kier molecular flexibility index (Phi) is 11.1. The van der Waals surface area contributed by atoms with E-state index in [1.807, 2.05) is 40.0 Å². The van der Waals surface area contributed by atoms with Crippen molar-refractivity contribution in [2.45, 2.75) is 72.6 Å². The van der Waals surface area contributed by atoms with E-state index in [1.165, 1.54) is 44.5 Å². The van der Waals surface area contributed by atoms with Gasteiger partial charge in [-0.3, -0.25) is 4.79 Å². The van der Waals surface area contributed by atoms with E-state index < -0.39 is 0 Å². The van der Waals surface area contributed by atoms with Crippen LogP contribution in [0.4, 0.5) is 0 Å². The summed E-state index contributed by atoms with van der Waals surface area (Å²) >= 11 is 0. The van der Waals surface area contributed by atoms with E-state index in [1.54, 1.807) is 0 Å². The van der Waals surface area contributed by atoms with Crippen molar-refractivity contribution in [1.29, 1.82) is 0 Å². The number of pyridine rings is 2. The Morgan fingerprint density at radius 2 is 1.51 bits per heavy atom. The molecule has 0 aliphatic heterocycles. The van der Waals surface area contributed by atoms with E-state index in [0.717, 1.165) is 42.5 Å². The van der Waals surface area contributed by atoms with Crippen LogP contribution < -0.4 is 0 Å². The molecule has 45 heavy (non-hydrogen) atoms. The number of ketones is 1. The Balaban J connectivity index is 0.000000249. The Morgan fingerprint density at radius 3 is 2.18 bits per heavy atom. The predicted molar refractivity (Wildman–Crippen MR) is 183 cm³/mol. The van der Waals surface area contributed by atoms with Crippen molar-refractivity contribution < 1.29 is 30.0 Å². The van der Waals surface area contributed by atoms with E-state index in [4.69, 9.17) is 4.98 Å². The molecule has 4 nitrogen and oxygen atoms in total. The van der Waals surface area contributed by atoms with Gasteiger partial charge in [-0.2, -0.15) is 0 Å². The average molecular weight is 776 g/mol. The molecule has 0 saturated heterocycles. The Bertz CT molecular complexity index is 1820. The van der Waals surface area contributed by atoms with Gasteiger partial charge >= 0.3 is 0 Å². The summed E-state index contributed by atoms with van der Waals surface area (Å²) in [5, 5.41) is 13.4. The van der Waals surface area contributed by atoms with Crippen molar-refractivity contribution in [3.05, 3.63) is 108 Å². The van der Waals surface area contributed by atoms with Crippen molar-refractivity contribution >= 4 is 27.5 Å². The van der Waals surface area contributed by atoms with Gasteiger partial charge in [-0.1, -0.05) is 108 Å². The molecular formula is C40H43IrN2O2-. The van der Waals surface area contributed by atoms with E-state index in [9.17, 15) is 9.90 Å². The van der Waals surface area contributed by atoms with E-state index >= 15 is 0 Å². The van der Waals surface area contributed by atoms with Crippen LogP contribution in [0.25, 0.3) is 44.1 Å². The number of aliphatic hydroxyl groups is 1. The largest absolute Gasteiger partial charge is 0.512 e. The third-order valence-corrected chi connectivity index (χ3v) is 9.30. The summed E-state index contributed by atoms with van der Waals surface area (Å²) < 4.78 is 0. The number of para-hydroxylation sites is 1. The molecule has 0 spiro atoms. The van der Waals surface area contributed by atoms with Crippen molar-refractivity contribution in [2.24, 2.45) is 11.8 Å². The molecule has 0 saturated carbocycles. The summed E-state index contributed by atoms with van der Waals surface area (Å²) in [7, 11) is 0. The first kappa shape index (κ1) is 34.2. The monoisotopic (exact) mass is 776 g/mol. The molecule has 2 aromatic heterocycles. The second-order valence-corrected chi connectivity index (χ2v) is 12.3. The number of hydrogen-bond acceptors (Lipinski definition) is 4. The maximum atomic E-state index is 11.7. The van der Waals surface area contributed by atoms with Crippen LogP contribution in [-0.4, -0.2) is 20.9 Å². The number of carbonyl (C=O) groups excluding carboxylic acids is 1. The number of rotatable bonds is 8. The molecule has 1 aliphatic carbocycles. The Morgan fingerprint density at radius 1 is 0.867 bits per heavy atom. The van der Waals surface area contributed by atoms with Crippen LogP contribution >= 0.6 is 0 Å². The number of nitrogens with zero attached hydrogens (tertiary/aromatic N) is 2. The molecule has 235 valence electrons. The smallest absolute Gasteiger partial charge is 0.162 e. The first-order valence-electron chi connectivity index (χ1n) is 16.0. The second kappa shape index (κ2) is 14.6. The summed E-state index contributed by atoms with van der Waals surface area (Å²) in [6, 6.07) is 25.7. The van der Waals surface area contributed by atoms with Gasteiger partial charge in [0.2, 0.25) is 0 Å². The Hall–Kier alpha value is -3.66. The van der Waals surface area contributed by atoms with Crippen LogP contribution in [0.15, 0.2) is 90.8 Å². The average Bonchev–Trinajstić information content (AvgIpc) is 3.04. The molecule has 1 radical (unpaired) electrons. The van der Waals surface area contributed by atoms with E-state index in [-0.39, 0.29) is 48.9 Å². The molecule has 0 bridgehead atoms. The third-order valence-electron chi connectivity index (χ3n) is 9.30. The molecule has 2 heterocycles. The maximum absolute atomic E-state index is 11.7. The molecular weight excluding hydrogens is 733 g/mol. The van der Waals surface area contributed by atoms with Crippen molar-refractivity contribution in [3.63, 3.8) is 0 Å². The van der Waals surface area contributed by atoms with Crippen molar-refractivity contribution in [3.8, 4) is 22.4 Å². The number of allylic oxidation sites excluding steroid dienone is 2. The zero-order valence-corrected chi connectivity index (χ0v) is 29.5. The Labute approximate surface area is 281 Å². The zero-order valence-electron chi connectivity index (χ0n) is 27.1. The number of aliphatic hydroxyl groups excluding tert-OH is 1. The fourth-order valence-electron chi connectivity index (χ4n) is 6.62. The molecule has 0 atom stereocenters. The normalized spacial score (nSPS) is 13.3. The number of fused-ring (bicyclic) bond motifs is 4. The molecule has 0 unspecified atom stereocenters. The fraction of sp³-hybridized carbons (Fsp3) is 0.325. The molecule has 0 fully saturated rings. The zero-order chi connectivity index (χ0) is 31.4. The number of benzene rings is 3. The quantitative estimate of drug-likeness (QED) is 0.0969. The molecule has 3 aromatic carbocycles. The summed E-state index contributed by atoms with van der Waals surface area (Å²) in [5.41, 5.74) is 7.86. The van der Waals surface area contributed by atoms with E-state index in [0.29, 0.717) is 0 Å². The maximum Gasteiger partial charge on any atom is 0.162 e. The topological polar surface area (TPSA) is 63.1 Å². The molecule has 6 rings (SSSR count). The minimum Gasteiger partial charge on any atom is -0.512 e. The molecule has 0 amide bonds. The molecule has 1 N–H and O–H groups in total. The van der Waals surface area contributed by atoms with Crippen LogP contribution in [0.1, 0.15) is 78.4 Å². The van der Waals surface area contributed by atoms with Gasteiger partial charge in [0.15, 0.2) is 5.78 Å².